The minimum atomic E-state index is -2.43. The molecule has 1 unspecified atom stereocenters. The monoisotopic (exact) mass is 346 g/mol. The van der Waals surface area contributed by atoms with Crippen LogP contribution in [0, 0.1) is 0 Å². The van der Waals surface area contributed by atoms with Gasteiger partial charge in [-0.3, -0.25) is 0 Å². The average Bonchev–Trinajstić information content (AvgIpc) is 2.21. The summed E-state index contributed by atoms with van der Waals surface area (Å²) in [5.74, 6) is 0. The maximum atomic E-state index is 12.0. The van der Waals surface area contributed by atoms with Gasteiger partial charge in [-0.05, 0) is 17.7 Å². The Morgan fingerprint density at radius 3 is 2.33 bits per heavy atom. The van der Waals surface area contributed by atoms with E-state index in [4.69, 9.17) is 16.3 Å². The number of alkyl halides is 3. The molecular formula is C10H10ClF2IO. The van der Waals surface area contributed by atoms with Crippen LogP contribution in [0.15, 0.2) is 24.3 Å². The van der Waals surface area contributed by atoms with E-state index in [-0.39, 0.29) is 6.10 Å². The lowest BCUT2D eigenvalue weighted by atomic mass is 10.1. The Morgan fingerprint density at radius 1 is 1.27 bits per heavy atom. The summed E-state index contributed by atoms with van der Waals surface area (Å²) in [4.78, 5) is 0. The van der Waals surface area contributed by atoms with Gasteiger partial charge in [0, 0.05) is 9.45 Å². The van der Waals surface area contributed by atoms with Gasteiger partial charge in [-0.2, -0.15) is 0 Å². The van der Waals surface area contributed by atoms with Crippen molar-refractivity contribution in [3.05, 3.63) is 34.9 Å². The summed E-state index contributed by atoms with van der Waals surface area (Å²) < 4.78 is 29.6. The number of hydrogen-bond donors (Lipinski definition) is 0. The lowest BCUT2D eigenvalue weighted by Gasteiger charge is -2.15. The Hall–Kier alpha value is 0.0600. The van der Waals surface area contributed by atoms with Crippen molar-refractivity contribution in [1.29, 1.82) is 0 Å². The zero-order chi connectivity index (χ0) is 11.3. The fraction of sp³-hybridized carbons (Fsp3) is 0.400. The predicted molar refractivity (Wildman–Crippen MR) is 65.0 cm³/mol. The van der Waals surface area contributed by atoms with E-state index < -0.39 is 13.0 Å². The summed E-state index contributed by atoms with van der Waals surface area (Å²) in [6.45, 7) is -0.531. The number of ether oxygens (including phenoxy) is 1. The molecule has 5 heteroatoms. The van der Waals surface area contributed by atoms with Gasteiger partial charge in [0.1, 0.15) is 6.61 Å². The molecular weight excluding hydrogens is 336 g/mol. The molecule has 1 aromatic rings. The molecule has 0 aliphatic carbocycles. The van der Waals surface area contributed by atoms with Crippen LogP contribution in [0.2, 0.25) is 5.02 Å². The van der Waals surface area contributed by atoms with Gasteiger partial charge in [0.05, 0.1) is 6.10 Å². The summed E-state index contributed by atoms with van der Waals surface area (Å²) in [6.07, 6.45) is -2.72. The normalized spacial score (nSPS) is 13.1. The van der Waals surface area contributed by atoms with Crippen LogP contribution < -0.4 is 0 Å². The lowest BCUT2D eigenvalue weighted by Crippen LogP contribution is -2.11. The Kier molecular flexibility index (Phi) is 5.78. The van der Waals surface area contributed by atoms with Gasteiger partial charge in [0.15, 0.2) is 0 Å². The van der Waals surface area contributed by atoms with Gasteiger partial charge in [-0.1, -0.05) is 46.3 Å². The summed E-state index contributed by atoms with van der Waals surface area (Å²) in [5.41, 5.74) is 0.870. The molecule has 0 saturated carbocycles. The van der Waals surface area contributed by atoms with E-state index in [1.54, 1.807) is 24.3 Å². The molecule has 84 valence electrons. The first kappa shape index (κ1) is 13.1. The molecule has 1 rings (SSSR count). The van der Waals surface area contributed by atoms with Crippen LogP contribution in [0.5, 0.6) is 0 Å². The van der Waals surface area contributed by atoms with Crippen LogP contribution in [-0.4, -0.2) is 17.5 Å². The van der Waals surface area contributed by atoms with E-state index in [2.05, 4.69) is 22.6 Å². The minimum absolute atomic E-state index is 0.295. The Balaban J connectivity index is 2.61. The molecule has 0 fully saturated rings. The maximum Gasteiger partial charge on any atom is 0.261 e. The molecule has 0 N–H and O–H groups in total. The molecule has 1 nitrogen and oxygen atoms in total. The molecule has 0 bridgehead atoms. The zero-order valence-electron chi connectivity index (χ0n) is 7.80. The third-order valence-corrected chi connectivity index (χ3v) is 2.86. The summed E-state index contributed by atoms with van der Waals surface area (Å²) in [5, 5.41) is 0.625. The molecule has 15 heavy (non-hydrogen) atoms. The van der Waals surface area contributed by atoms with Crippen molar-refractivity contribution in [3.63, 3.8) is 0 Å². The molecule has 1 atom stereocenters. The molecule has 0 aliphatic heterocycles. The van der Waals surface area contributed by atoms with Crippen molar-refractivity contribution >= 4 is 34.2 Å². The quantitative estimate of drug-likeness (QED) is 0.576. The minimum Gasteiger partial charge on any atom is -0.367 e. The van der Waals surface area contributed by atoms with Crippen molar-refractivity contribution in [3.8, 4) is 0 Å². The number of benzene rings is 1. The van der Waals surface area contributed by atoms with Gasteiger partial charge in [0.25, 0.3) is 6.43 Å². The standard InChI is InChI=1S/C10H10ClF2IO/c11-8-3-1-7(2-4-8)9(5-14)15-6-10(12)13/h1-4,9-10H,5-6H2. The van der Waals surface area contributed by atoms with Crippen LogP contribution >= 0.6 is 34.2 Å². The fourth-order valence-electron chi connectivity index (χ4n) is 1.10. The van der Waals surface area contributed by atoms with Crippen molar-refractivity contribution in [2.24, 2.45) is 0 Å². The van der Waals surface area contributed by atoms with Gasteiger partial charge in [-0.15, -0.1) is 0 Å². The maximum absolute atomic E-state index is 12.0. The topological polar surface area (TPSA) is 9.23 Å². The number of rotatable bonds is 5. The second-order valence-corrected chi connectivity index (χ2v) is 4.24. The molecule has 0 aromatic heterocycles. The largest absolute Gasteiger partial charge is 0.367 e. The Bertz CT molecular complexity index is 292. The lowest BCUT2D eigenvalue weighted by molar-refractivity contribution is -0.0153. The van der Waals surface area contributed by atoms with Gasteiger partial charge < -0.3 is 4.74 Å². The van der Waals surface area contributed by atoms with E-state index in [1.165, 1.54) is 0 Å². The SMILES string of the molecule is FC(F)COC(CI)c1ccc(Cl)cc1. The predicted octanol–water partition coefficient (Wildman–Crippen LogP) is 4.10. The van der Waals surface area contributed by atoms with Gasteiger partial charge >= 0.3 is 0 Å². The second-order valence-electron chi connectivity index (χ2n) is 2.92. The fourth-order valence-corrected chi connectivity index (χ4v) is 1.98. The van der Waals surface area contributed by atoms with E-state index >= 15 is 0 Å². The Labute approximate surface area is 106 Å². The molecule has 0 heterocycles. The second kappa shape index (κ2) is 6.60. The number of hydrogen-bond acceptors (Lipinski definition) is 1. The highest BCUT2D eigenvalue weighted by molar-refractivity contribution is 14.1. The average molecular weight is 347 g/mol. The van der Waals surface area contributed by atoms with E-state index in [0.717, 1.165) is 5.56 Å². The first-order chi connectivity index (χ1) is 7.13. The summed E-state index contributed by atoms with van der Waals surface area (Å²) in [7, 11) is 0. The van der Waals surface area contributed by atoms with E-state index in [1.807, 2.05) is 0 Å². The van der Waals surface area contributed by atoms with E-state index in [0.29, 0.717) is 9.45 Å². The summed E-state index contributed by atoms with van der Waals surface area (Å²) in [6, 6.07) is 7.03. The third-order valence-electron chi connectivity index (χ3n) is 1.81. The van der Waals surface area contributed by atoms with Crippen molar-refractivity contribution in [2.45, 2.75) is 12.5 Å². The van der Waals surface area contributed by atoms with Crippen LogP contribution in [-0.2, 0) is 4.74 Å². The molecule has 0 aliphatic rings. The molecule has 0 amide bonds. The van der Waals surface area contributed by atoms with Crippen LogP contribution in [0.4, 0.5) is 8.78 Å². The smallest absolute Gasteiger partial charge is 0.261 e. The van der Waals surface area contributed by atoms with Crippen molar-refractivity contribution in [1.82, 2.24) is 0 Å². The molecule has 0 spiro atoms. The zero-order valence-corrected chi connectivity index (χ0v) is 10.7. The van der Waals surface area contributed by atoms with Gasteiger partial charge in [-0.25, -0.2) is 8.78 Å². The van der Waals surface area contributed by atoms with Crippen LogP contribution in [0.1, 0.15) is 11.7 Å². The highest BCUT2D eigenvalue weighted by atomic mass is 127. The number of halogens is 4. The Morgan fingerprint density at radius 2 is 1.87 bits per heavy atom. The first-order valence-electron chi connectivity index (χ1n) is 4.34. The van der Waals surface area contributed by atoms with Crippen molar-refractivity contribution < 1.29 is 13.5 Å². The highest BCUT2D eigenvalue weighted by Crippen LogP contribution is 2.22. The van der Waals surface area contributed by atoms with E-state index in [9.17, 15) is 8.78 Å². The highest BCUT2D eigenvalue weighted by Gasteiger charge is 2.13. The molecule has 1 aromatic carbocycles. The van der Waals surface area contributed by atoms with Crippen LogP contribution in [0.3, 0.4) is 0 Å². The third kappa shape index (κ3) is 4.61. The van der Waals surface area contributed by atoms with Crippen molar-refractivity contribution in [2.75, 3.05) is 11.0 Å². The molecule has 0 saturated heterocycles. The first-order valence-corrected chi connectivity index (χ1v) is 6.25. The van der Waals surface area contributed by atoms with Gasteiger partial charge in [0.2, 0.25) is 0 Å². The molecule has 0 radical (unpaired) electrons. The summed E-state index contributed by atoms with van der Waals surface area (Å²) >= 11 is 7.83. The van der Waals surface area contributed by atoms with Crippen LogP contribution in [0.25, 0.3) is 0 Å².